The molecule has 0 aliphatic heterocycles. The van der Waals surface area contributed by atoms with Gasteiger partial charge in [0.05, 0.1) is 18.7 Å². The van der Waals surface area contributed by atoms with Crippen LogP contribution in [-0.4, -0.2) is 53.5 Å². The number of ether oxygens (including phenoxy) is 1. The number of pyridine rings is 1. The Hall–Kier alpha value is -2.93. The summed E-state index contributed by atoms with van der Waals surface area (Å²) in [4.78, 5) is 26.2. The molecule has 142 valence electrons. The Labute approximate surface area is 158 Å². The Morgan fingerprint density at radius 1 is 1.26 bits per heavy atom. The van der Waals surface area contributed by atoms with Gasteiger partial charge in [-0.25, -0.2) is 9.97 Å². The molecule has 7 heteroatoms. The van der Waals surface area contributed by atoms with Crippen LogP contribution in [-0.2, 0) is 11.2 Å². The van der Waals surface area contributed by atoms with E-state index in [0.29, 0.717) is 25.0 Å². The Bertz CT molecular complexity index is 856. The first kappa shape index (κ1) is 18.8. The fourth-order valence-corrected chi connectivity index (χ4v) is 2.97. The second-order valence-electron chi connectivity index (χ2n) is 6.61. The summed E-state index contributed by atoms with van der Waals surface area (Å²) < 4.78 is 5.21. The third-order valence-electron chi connectivity index (χ3n) is 4.51. The summed E-state index contributed by atoms with van der Waals surface area (Å²) in [5, 5.41) is 3.03. The van der Waals surface area contributed by atoms with Gasteiger partial charge in [-0.2, -0.15) is 0 Å². The Kier molecular flexibility index (Phi) is 6.03. The number of imidazole rings is 1. The third-order valence-corrected chi connectivity index (χ3v) is 4.51. The number of carbonyl (C=O) groups excluding carboxylic acids is 1. The number of aromatic amines is 1. The number of H-pyrrole nitrogens is 1. The van der Waals surface area contributed by atoms with Crippen molar-refractivity contribution in [3.63, 3.8) is 0 Å². The molecule has 0 saturated heterocycles. The molecule has 0 bridgehead atoms. The molecule has 7 nitrogen and oxygen atoms in total. The average Bonchev–Trinajstić information content (AvgIpc) is 3.10. The van der Waals surface area contributed by atoms with E-state index < -0.39 is 0 Å². The van der Waals surface area contributed by atoms with Gasteiger partial charge in [0.15, 0.2) is 5.65 Å². The van der Waals surface area contributed by atoms with E-state index in [9.17, 15) is 4.79 Å². The van der Waals surface area contributed by atoms with Crippen molar-refractivity contribution in [1.82, 2.24) is 25.2 Å². The van der Waals surface area contributed by atoms with Crippen LogP contribution in [0.5, 0.6) is 5.75 Å². The lowest BCUT2D eigenvalue weighted by Crippen LogP contribution is -2.34. The molecular formula is C20H25N5O2. The number of aromatic nitrogens is 3. The van der Waals surface area contributed by atoms with Gasteiger partial charge in [-0.1, -0.05) is 12.1 Å². The van der Waals surface area contributed by atoms with E-state index in [1.165, 1.54) is 0 Å². The van der Waals surface area contributed by atoms with Gasteiger partial charge >= 0.3 is 0 Å². The molecule has 0 radical (unpaired) electrons. The first-order chi connectivity index (χ1) is 13.1. The average molecular weight is 367 g/mol. The van der Waals surface area contributed by atoms with E-state index >= 15 is 0 Å². The molecule has 2 aromatic heterocycles. The van der Waals surface area contributed by atoms with Crippen LogP contribution in [0, 0.1) is 0 Å². The number of hydrogen-bond acceptors (Lipinski definition) is 5. The number of hydrogen-bond donors (Lipinski definition) is 2. The van der Waals surface area contributed by atoms with Gasteiger partial charge < -0.3 is 19.9 Å². The van der Waals surface area contributed by atoms with Crippen LogP contribution in [0.15, 0.2) is 42.6 Å². The maximum Gasteiger partial charge on any atom is 0.220 e. The second kappa shape index (κ2) is 8.64. The maximum absolute atomic E-state index is 12.3. The summed E-state index contributed by atoms with van der Waals surface area (Å²) in [6.07, 6.45) is 2.64. The fraction of sp³-hybridized carbons (Fsp3) is 0.350. The van der Waals surface area contributed by atoms with Crippen molar-refractivity contribution < 1.29 is 9.53 Å². The first-order valence-electron chi connectivity index (χ1n) is 8.93. The molecule has 0 saturated carbocycles. The molecule has 0 spiro atoms. The van der Waals surface area contributed by atoms with E-state index in [1.807, 2.05) is 50.5 Å². The lowest BCUT2D eigenvalue weighted by atomic mass is 10.1. The Balaban J connectivity index is 1.54. The predicted octanol–water partition coefficient (Wildman–Crippen LogP) is 2.32. The van der Waals surface area contributed by atoms with Gasteiger partial charge in [0.25, 0.3) is 0 Å². The van der Waals surface area contributed by atoms with Gasteiger partial charge in [-0.3, -0.25) is 4.79 Å². The van der Waals surface area contributed by atoms with Crippen LogP contribution in [0.4, 0.5) is 0 Å². The highest BCUT2D eigenvalue weighted by molar-refractivity contribution is 5.76. The number of aryl methyl sites for hydroxylation is 1. The van der Waals surface area contributed by atoms with Gasteiger partial charge in [0.1, 0.15) is 11.6 Å². The predicted molar refractivity (Wildman–Crippen MR) is 105 cm³/mol. The standard InChI is InChI=1S/C20H25N5O2/c1-25(2)17(14-6-8-15(27-3)9-7-14)13-22-19(26)11-10-18-23-16-5-4-12-21-20(16)24-18/h4-9,12,17H,10-11,13H2,1-3H3,(H,22,26)(H,21,23,24). The summed E-state index contributed by atoms with van der Waals surface area (Å²) in [6.45, 7) is 0.542. The van der Waals surface area contributed by atoms with Crippen molar-refractivity contribution in [1.29, 1.82) is 0 Å². The molecule has 1 aromatic carbocycles. The first-order valence-corrected chi connectivity index (χ1v) is 8.93. The van der Waals surface area contributed by atoms with Gasteiger partial charge in [0.2, 0.25) is 5.91 Å². The van der Waals surface area contributed by atoms with Gasteiger partial charge in [-0.05, 0) is 43.9 Å². The smallest absolute Gasteiger partial charge is 0.220 e. The Morgan fingerprint density at radius 2 is 2.04 bits per heavy atom. The monoisotopic (exact) mass is 367 g/mol. The summed E-state index contributed by atoms with van der Waals surface area (Å²) in [7, 11) is 5.65. The highest BCUT2D eigenvalue weighted by Crippen LogP contribution is 2.20. The van der Waals surface area contributed by atoms with Crippen LogP contribution >= 0.6 is 0 Å². The van der Waals surface area contributed by atoms with Gasteiger partial charge in [0, 0.05) is 25.6 Å². The van der Waals surface area contributed by atoms with E-state index in [0.717, 1.165) is 22.7 Å². The highest BCUT2D eigenvalue weighted by atomic mass is 16.5. The largest absolute Gasteiger partial charge is 0.497 e. The zero-order chi connectivity index (χ0) is 19.2. The van der Waals surface area contributed by atoms with Crippen molar-refractivity contribution in [3.8, 4) is 5.75 Å². The SMILES string of the molecule is COc1ccc(C(CNC(=O)CCc2nc3ncccc3[nH]2)N(C)C)cc1. The van der Waals surface area contributed by atoms with Crippen molar-refractivity contribution in [2.75, 3.05) is 27.7 Å². The van der Waals surface area contributed by atoms with Crippen LogP contribution in [0.1, 0.15) is 23.9 Å². The summed E-state index contributed by atoms with van der Waals surface area (Å²) in [6, 6.07) is 11.8. The van der Waals surface area contributed by atoms with Crippen molar-refractivity contribution in [2.45, 2.75) is 18.9 Å². The van der Waals surface area contributed by atoms with E-state index in [4.69, 9.17) is 4.74 Å². The minimum atomic E-state index is 0.00350. The number of benzene rings is 1. The summed E-state index contributed by atoms with van der Waals surface area (Å²) in [5.41, 5.74) is 2.70. The molecule has 3 rings (SSSR count). The van der Waals surface area contributed by atoms with Crippen LogP contribution < -0.4 is 10.1 Å². The summed E-state index contributed by atoms with van der Waals surface area (Å²) in [5.74, 6) is 1.60. The molecule has 1 unspecified atom stereocenters. The molecule has 0 fully saturated rings. The van der Waals surface area contributed by atoms with Crippen LogP contribution in [0.25, 0.3) is 11.2 Å². The molecule has 27 heavy (non-hydrogen) atoms. The second-order valence-corrected chi connectivity index (χ2v) is 6.61. The quantitative estimate of drug-likeness (QED) is 0.638. The summed E-state index contributed by atoms with van der Waals surface area (Å²) >= 11 is 0. The number of likely N-dealkylation sites (N-methyl/N-ethyl adjacent to an activating group) is 1. The number of fused-ring (bicyclic) bond motifs is 1. The number of amides is 1. The zero-order valence-corrected chi connectivity index (χ0v) is 15.9. The number of nitrogens with one attached hydrogen (secondary N) is 2. The van der Waals surface area contributed by atoms with E-state index in [-0.39, 0.29) is 11.9 Å². The highest BCUT2D eigenvalue weighted by Gasteiger charge is 2.16. The van der Waals surface area contributed by atoms with Crippen LogP contribution in [0.2, 0.25) is 0 Å². The fourth-order valence-electron chi connectivity index (χ4n) is 2.97. The van der Waals surface area contributed by atoms with Crippen molar-refractivity contribution >= 4 is 17.1 Å². The molecule has 2 heterocycles. The number of methoxy groups -OCH3 is 1. The Morgan fingerprint density at radius 3 is 2.70 bits per heavy atom. The lowest BCUT2D eigenvalue weighted by molar-refractivity contribution is -0.121. The number of nitrogens with zero attached hydrogens (tertiary/aromatic N) is 3. The molecular weight excluding hydrogens is 342 g/mol. The molecule has 1 atom stereocenters. The molecule has 0 aliphatic rings. The van der Waals surface area contributed by atoms with Crippen molar-refractivity contribution in [2.24, 2.45) is 0 Å². The van der Waals surface area contributed by atoms with E-state index in [2.05, 4.69) is 25.2 Å². The minimum Gasteiger partial charge on any atom is -0.497 e. The minimum absolute atomic E-state index is 0.00350. The van der Waals surface area contributed by atoms with Gasteiger partial charge in [-0.15, -0.1) is 0 Å². The third kappa shape index (κ3) is 4.83. The zero-order valence-electron chi connectivity index (χ0n) is 15.9. The molecule has 3 aromatic rings. The normalized spacial score (nSPS) is 12.3. The molecule has 2 N–H and O–H groups in total. The lowest BCUT2D eigenvalue weighted by Gasteiger charge is -2.25. The molecule has 1 amide bonds. The van der Waals surface area contributed by atoms with Crippen LogP contribution in [0.3, 0.4) is 0 Å². The molecule has 0 aliphatic carbocycles. The topological polar surface area (TPSA) is 83.1 Å². The number of carbonyl (C=O) groups is 1. The van der Waals surface area contributed by atoms with Crippen molar-refractivity contribution in [3.05, 3.63) is 54.0 Å². The van der Waals surface area contributed by atoms with E-state index in [1.54, 1.807) is 13.3 Å². The number of rotatable bonds is 8. The maximum atomic E-state index is 12.3.